The summed E-state index contributed by atoms with van der Waals surface area (Å²) in [4.78, 5) is 17.3. The van der Waals surface area contributed by atoms with Crippen molar-refractivity contribution in [3.05, 3.63) is 84.1 Å². The summed E-state index contributed by atoms with van der Waals surface area (Å²) in [5.74, 6) is 0.639. The lowest BCUT2D eigenvalue weighted by Crippen LogP contribution is -2.20. The first kappa shape index (κ1) is 16.8. The van der Waals surface area contributed by atoms with Gasteiger partial charge in [-0.1, -0.05) is 48.0 Å². The molecule has 134 valence electrons. The van der Waals surface area contributed by atoms with Crippen LogP contribution in [0, 0.1) is 13.8 Å². The van der Waals surface area contributed by atoms with Crippen LogP contribution in [0.2, 0.25) is 0 Å². The lowest BCUT2D eigenvalue weighted by Gasteiger charge is -2.10. The number of carbonyl (C=O) groups excluding carboxylic acids is 1. The third-order valence-electron chi connectivity index (χ3n) is 4.36. The van der Waals surface area contributed by atoms with Crippen LogP contribution in [0.1, 0.15) is 11.1 Å². The Morgan fingerprint density at radius 1 is 0.889 bits per heavy atom. The van der Waals surface area contributed by atoms with Crippen molar-refractivity contribution in [3.63, 3.8) is 0 Å². The highest BCUT2D eigenvalue weighted by molar-refractivity contribution is 6.01. The van der Waals surface area contributed by atoms with E-state index in [1.807, 2.05) is 91.2 Å². The largest absolute Gasteiger partial charge is 0.324 e. The zero-order valence-electron chi connectivity index (χ0n) is 15.2. The van der Waals surface area contributed by atoms with Crippen molar-refractivity contribution < 1.29 is 4.79 Å². The Labute approximate surface area is 157 Å². The van der Waals surface area contributed by atoms with Crippen molar-refractivity contribution in [1.29, 1.82) is 0 Å². The van der Waals surface area contributed by atoms with E-state index in [1.54, 1.807) is 0 Å². The van der Waals surface area contributed by atoms with Crippen molar-refractivity contribution in [1.82, 2.24) is 9.38 Å². The van der Waals surface area contributed by atoms with Crippen LogP contribution in [0.4, 0.5) is 16.3 Å². The molecule has 2 heterocycles. The highest BCUT2D eigenvalue weighted by atomic mass is 16.2. The standard InChI is InChI=1S/C22H20N4O/c1-15-9-11-17(12-10-15)20-21(26-13-4-3-8-19(26)24-20)25-22(27)23-18-7-5-6-16(2)14-18/h3-14H,1-2H3,(H2,23,25,27). The van der Waals surface area contributed by atoms with Gasteiger partial charge in [-0.15, -0.1) is 0 Å². The van der Waals surface area contributed by atoms with Crippen molar-refractivity contribution >= 4 is 23.2 Å². The molecule has 5 heteroatoms. The minimum atomic E-state index is -0.306. The number of benzene rings is 2. The van der Waals surface area contributed by atoms with Crippen LogP contribution in [0.15, 0.2) is 72.9 Å². The monoisotopic (exact) mass is 356 g/mol. The summed E-state index contributed by atoms with van der Waals surface area (Å²) in [7, 11) is 0. The summed E-state index contributed by atoms with van der Waals surface area (Å²) in [6.45, 7) is 4.03. The van der Waals surface area contributed by atoms with Crippen LogP contribution in [0.25, 0.3) is 16.9 Å². The zero-order valence-corrected chi connectivity index (χ0v) is 15.2. The Morgan fingerprint density at radius 2 is 1.70 bits per heavy atom. The van der Waals surface area contributed by atoms with E-state index in [2.05, 4.69) is 10.6 Å². The molecule has 2 N–H and O–H groups in total. The SMILES string of the molecule is Cc1ccc(-c2nc3ccccn3c2NC(=O)Nc2cccc(C)c2)cc1. The Balaban J connectivity index is 1.70. The molecular formula is C22H20N4O. The maximum Gasteiger partial charge on any atom is 0.324 e. The van der Waals surface area contributed by atoms with E-state index >= 15 is 0 Å². The summed E-state index contributed by atoms with van der Waals surface area (Å²) in [6, 6.07) is 21.3. The van der Waals surface area contributed by atoms with E-state index in [-0.39, 0.29) is 6.03 Å². The summed E-state index contributed by atoms with van der Waals surface area (Å²) >= 11 is 0. The van der Waals surface area contributed by atoms with Crippen molar-refractivity contribution in [2.45, 2.75) is 13.8 Å². The van der Waals surface area contributed by atoms with Crippen molar-refractivity contribution in [3.8, 4) is 11.3 Å². The van der Waals surface area contributed by atoms with E-state index in [4.69, 9.17) is 4.98 Å². The molecule has 0 aliphatic carbocycles. The van der Waals surface area contributed by atoms with Gasteiger partial charge in [-0.25, -0.2) is 9.78 Å². The Bertz CT molecular complexity index is 1110. The van der Waals surface area contributed by atoms with Gasteiger partial charge in [-0.2, -0.15) is 0 Å². The maximum absolute atomic E-state index is 12.6. The predicted octanol–water partition coefficient (Wildman–Crippen LogP) is 5.26. The number of aryl methyl sites for hydroxylation is 2. The molecule has 0 unspecified atom stereocenters. The average molecular weight is 356 g/mol. The minimum absolute atomic E-state index is 0.306. The number of anilines is 2. The molecule has 0 fully saturated rings. The predicted molar refractivity (Wildman–Crippen MR) is 109 cm³/mol. The number of hydrogen-bond donors (Lipinski definition) is 2. The number of fused-ring (bicyclic) bond motifs is 1. The number of imidazole rings is 1. The summed E-state index contributed by atoms with van der Waals surface area (Å²) in [5.41, 5.74) is 5.48. The molecule has 0 saturated carbocycles. The number of nitrogens with zero attached hydrogens (tertiary/aromatic N) is 2. The first-order valence-electron chi connectivity index (χ1n) is 8.79. The van der Waals surface area contributed by atoms with Gasteiger partial charge in [-0.05, 0) is 43.7 Å². The fourth-order valence-corrected chi connectivity index (χ4v) is 3.02. The molecule has 4 aromatic rings. The number of amides is 2. The third kappa shape index (κ3) is 3.53. The van der Waals surface area contributed by atoms with Gasteiger partial charge in [0.25, 0.3) is 0 Å². The molecule has 0 radical (unpaired) electrons. The highest BCUT2D eigenvalue weighted by Crippen LogP contribution is 2.29. The lowest BCUT2D eigenvalue weighted by molar-refractivity contribution is 0.262. The van der Waals surface area contributed by atoms with Gasteiger partial charge in [0.05, 0.1) is 0 Å². The maximum atomic E-state index is 12.6. The van der Waals surface area contributed by atoms with Gasteiger partial charge in [0.1, 0.15) is 17.2 Å². The second-order valence-corrected chi connectivity index (χ2v) is 6.55. The van der Waals surface area contributed by atoms with Crippen LogP contribution in [-0.2, 0) is 0 Å². The molecule has 0 aliphatic rings. The van der Waals surface area contributed by atoms with E-state index in [9.17, 15) is 4.79 Å². The van der Waals surface area contributed by atoms with E-state index < -0.39 is 0 Å². The molecule has 2 aromatic carbocycles. The minimum Gasteiger partial charge on any atom is -0.308 e. The number of hydrogen-bond acceptors (Lipinski definition) is 2. The van der Waals surface area contributed by atoms with Gasteiger partial charge >= 0.3 is 6.03 Å². The number of pyridine rings is 1. The van der Waals surface area contributed by atoms with Crippen LogP contribution < -0.4 is 10.6 Å². The van der Waals surface area contributed by atoms with Gasteiger partial charge in [0.15, 0.2) is 0 Å². The van der Waals surface area contributed by atoms with Crippen molar-refractivity contribution in [2.24, 2.45) is 0 Å². The number of carbonyl (C=O) groups is 1. The number of nitrogens with one attached hydrogen (secondary N) is 2. The normalized spacial score (nSPS) is 10.7. The zero-order chi connectivity index (χ0) is 18.8. The molecule has 4 rings (SSSR count). The molecule has 0 bridgehead atoms. The van der Waals surface area contributed by atoms with E-state index in [0.717, 1.165) is 28.2 Å². The Morgan fingerprint density at radius 3 is 2.48 bits per heavy atom. The average Bonchev–Trinajstić information content (AvgIpc) is 3.01. The van der Waals surface area contributed by atoms with Crippen molar-refractivity contribution in [2.75, 3.05) is 10.6 Å². The van der Waals surface area contributed by atoms with Crippen LogP contribution >= 0.6 is 0 Å². The fourth-order valence-electron chi connectivity index (χ4n) is 3.02. The number of urea groups is 1. The second kappa shape index (κ2) is 6.96. The molecule has 27 heavy (non-hydrogen) atoms. The highest BCUT2D eigenvalue weighted by Gasteiger charge is 2.16. The Hall–Kier alpha value is -3.60. The first-order chi connectivity index (χ1) is 13.1. The molecule has 2 amide bonds. The molecular weight excluding hydrogens is 336 g/mol. The molecule has 5 nitrogen and oxygen atoms in total. The van der Waals surface area contributed by atoms with E-state index in [0.29, 0.717) is 5.82 Å². The van der Waals surface area contributed by atoms with E-state index in [1.165, 1.54) is 5.56 Å². The lowest BCUT2D eigenvalue weighted by atomic mass is 10.1. The summed E-state index contributed by atoms with van der Waals surface area (Å²) < 4.78 is 1.88. The van der Waals surface area contributed by atoms with Gasteiger partial charge in [0, 0.05) is 17.4 Å². The third-order valence-corrected chi connectivity index (χ3v) is 4.36. The first-order valence-corrected chi connectivity index (χ1v) is 8.79. The fraction of sp³-hybridized carbons (Fsp3) is 0.0909. The summed E-state index contributed by atoms with van der Waals surface area (Å²) in [6.07, 6.45) is 1.89. The van der Waals surface area contributed by atoms with Gasteiger partial charge in [0.2, 0.25) is 0 Å². The molecule has 2 aromatic heterocycles. The van der Waals surface area contributed by atoms with Crippen LogP contribution in [-0.4, -0.2) is 15.4 Å². The van der Waals surface area contributed by atoms with Gasteiger partial charge < -0.3 is 5.32 Å². The molecule has 0 spiro atoms. The molecule has 0 atom stereocenters. The topological polar surface area (TPSA) is 58.4 Å². The van der Waals surface area contributed by atoms with Crippen LogP contribution in [0.3, 0.4) is 0 Å². The van der Waals surface area contributed by atoms with Crippen LogP contribution in [0.5, 0.6) is 0 Å². The number of aromatic nitrogens is 2. The molecule has 0 aliphatic heterocycles. The number of rotatable bonds is 3. The summed E-state index contributed by atoms with van der Waals surface area (Å²) in [5, 5.41) is 5.85. The second-order valence-electron chi connectivity index (χ2n) is 6.55. The van der Waals surface area contributed by atoms with Gasteiger partial charge in [-0.3, -0.25) is 9.72 Å². The molecule has 0 saturated heterocycles. The quantitative estimate of drug-likeness (QED) is 0.526. The smallest absolute Gasteiger partial charge is 0.308 e. The Kier molecular flexibility index (Phi) is 4.34.